The molecule has 2 rings (SSSR count). The quantitative estimate of drug-likeness (QED) is 0.851. The number of hydrogen-bond donors (Lipinski definition) is 2. The predicted molar refractivity (Wildman–Crippen MR) is 94.0 cm³/mol. The van der Waals surface area contributed by atoms with Gasteiger partial charge in [0, 0.05) is 6.54 Å². The molecule has 1 heterocycles. The number of amides is 1. The van der Waals surface area contributed by atoms with Crippen molar-refractivity contribution in [3.63, 3.8) is 0 Å². The molecule has 1 aromatic heterocycles. The molecule has 0 aliphatic heterocycles. The van der Waals surface area contributed by atoms with Gasteiger partial charge in [-0.2, -0.15) is 0 Å². The van der Waals surface area contributed by atoms with Crippen LogP contribution < -0.4 is 15.8 Å². The molecule has 1 aromatic carbocycles. The Bertz CT molecular complexity index is 714. The second-order valence-electron chi connectivity index (χ2n) is 5.61. The predicted octanol–water partition coefficient (Wildman–Crippen LogP) is 2.96. The third-order valence-corrected chi connectivity index (χ3v) is 3.67. The van der Waals surface area contributed by atoms with Crippen LogP contribution in [0.25, 0.3) is 0 Å². The second kappa shape index (κ2) is 7.77. The summed E-state index contributed by atoms with van der Waals surface area (Å²) in [6.07, 6.45) is 0.269. The average molecular weight is 328 g/mol. The summed E-state index contributed by atoms with van der Waals surface area (Å²) in [6.45, 7) is 8.14. The van der Waals surface area contributed by atoms with Gasteiger partial charge in [-0.05, 0) is 39.3 Å². The first-order chi connectivity index (χ1) is 11.5. The van der Waals surface area contributed by atoms with Crippen LogP contribution in [0.3, 0.4) is 0 Å². The number of hydrogen-bond acceptors (Lipinski definition) is 5. The summed E-state index contributed by atoms with van der Waals surface area (Å²) in [6, 6.07) is 7.76. The van der Waals surface area contributed by atoms with Crippen molar-refractivity contribution in [2.45, 2.75) is 40.2 Å². The van der Waals surface area contributed by atoms with E-state index in [0.29, 0.717) is 29.9 Å². The smallest absolute Gasteiger partial charge is 0.255 e. The summed E-state index contributed by atoms with van der Waals surface area (Å²) in [5, 5.41) is 2.80. The van der Waals surface area contributed by atoms with E-state index in [-0.39, 0.29) is 18.0 Å². The molecule has 1 atom stereocenters. The van der Waals surface area contributed by atoms with E-state index in [1.165, 1.54) is 0 Å². The van der Waals surface area contributed by atoms with Crippen LogP contribution in [0.2, 0.25) is 0 Å². The van der Waals surface area contributed by atoms with E-state index >= 15 is 0 Å². The number of aromatic nitrogens is 2. The second-order valence-corrected chi connectivity index (χ2v) is 5.61. The fourth-order valence-corrected chi connectivity index (χ4v) is 2.49. The van der Waals surface area contributed by atoms with Crippen LogP contribution in [0.1, 0.15) is 53.7 Å². The van der Waals surface area contributed by atoms with Crippen molar-refractivity contribution in [2.75, 3.05) is 12.3 Å². The Hall–Kier alpha value is -2.63. The number of nitrogens with two attached hydrogens (primary N) is 1. The third-order valence-electron chi connectivity index (χ3n) is 3.67. The molecule has 24 heavy (non-hydrogen) atoms. The lowest BCUT2D eigenvalue weighted by molar-refractivity contribution is 0.0947. The van der Waals surface area contributed by atoms with E-state index in [9.17, 15) is 4.79 Å². The SMILES string of the molecule is CCNC(=O)c1c(C)nc(N)nc1C(CC)Oc1ccc(C)cc1. The number of nitrogens with zero attached hydrogens (tertiary/aromatic N) is 2. The first kappa shape index (κ1) is 17.7. The zero-order valence-electron chi connectivity index (χ0n) is 14.6. The summed E-state index contributed by atoms with van der Waals surface area (Å²) < 4.78 is 6.06. The highest BCUT2D eigenvalue weighted by Gasteiger charge is 2.24. The van der Waals surface area contributed by atoms with Gasteiger partial charge in [0.2, 0.25) is 5.95 Å². The fourth-order valence-electron chi connectivity index (χ4n) is 2.49. The van der Waals surface area contributed by atoms with Crippen LogP contribution in [0.5, 0.6) is 5.75 Å². The minimum Gasteiger partial charge on any atom is -0.484 e. The number of nitrogens with one attached hydrogen (secondary N) is 1. The van der Waals surface area contributed by atoms with Crippen molar-refractivity contribution < 1.29 is 9.53 Å². The Kier molecular flexibility index (Phi) is 5.73. The molecule has 1 amide bonds. The summed E-state index contributed by atoms with van der Waals surface area (Å²) in [7, 11) is 0. The largest absolute Gasteiger partial charge is 0.484 e. The molecular weight excluding hydrogens is 304 g/mol. The molecule has 0 radical (unpaired) electrons. The number of carbonyl (C=O) groups excluding carboxylic acids is 1. The molecule has 2 aromatic rings. The Morgan fingerprint density at radius 3 is 2.46 bits per heavy atom. The normalized spacial score (nSPS) is 11.8. The summed E-state index contributed by atoms with van der Waals surface area (Å²) in [5.41, 5.74) is 8.46. The highest BCUT2D eigenvalue weighted by atomic mass is 16.5. The van der Waals surface area contributed by atoms with Crippen molar-refractivity contribution in [1.29, 1.82) is 0 Å². The maximum Gasteiger partial charge on any atom is 0.255 e. The summed E-state index contributed by atoms with van der Waals surface area (Å²) in [4.78, 5) is 20.9. The van der Waals surface area contributed by atoms with E-state index in [1.54, 1.807) is 6.92 Å². The number of carbonyl (C=O) groups is 1. The number of nitrogen functional groups attached to an aromatic ring is 1. The molecule has 0 fully saturated rings. The molecule has 6 nitrogen and oxygen atoms in total. The Morgan fingerprint density at radius 1 is 1.21 bits per heavy atom. The monoisotopic (exact) mass is 328 g/mol. The van der Waals surface area contributed by atoms with Gasteiger partial charge in [-0.15, -0.1) is 0 Å². The molecule has 0 spiro atoms. The van der Waals surface area contributed by atoms with E-state index in [0.717, 1.165) is 11.3 Å². The molecule has 0 bridgehead atoms. The first-order valence-corrected chi connectivity index (χ1v) is 8.11. The van der Waals surface area contributed by atoms with Crippen LogP contribution >= 0.6 is 0 Å². The Labute approximate surface area is 142 Å². The number of aryl methyl sites for hydroxylation is 2. The van der Waals surface area contributed by atoms with Crippen LogP contribution in [0.4, 0.5) is 5.95 Å². The molecule has 0 aliphatic carbocycles. The van der Waals surface area contributed by atoms with Gasteiger partial charge < -0.3 is 15.8 Å². The van der Waals surface area contributed by atoms with Crippen molar-refractivity contribution in [2.24, 2.45) is 0 Å². The molecule has 1 unspecified atom stereocenters. The Balaban J connectivity index is 2.42. The van der Waals surface area contributed by atoms with Crippen molar-refractivity contribution in [3.8, 4) is 5.75 Å². The Morgan fingerprint density at radius 2 is 1.88 bits per heavy atom. The topological polar surface area (TPSA) is 90.1 Å². The van der Waals surface area contributed by atoms with Gasteiger partial charge in [-0.3, -0.25) is 4.79 Å². The molecule has 128 valence electrons. The number of ether oxygens (including phenoxy) is 1. The van der Waals surface area contributed by atoms with Crippen LogP contribution in [0.15, 0.2) is 24.3 Å². The maximum absolute atomic E-state index is 12.4. The minimum atomic E-state index is -0.380. The van der Waals surface area contributed by atoms with Crippen LogP contribution in [-0.2, 0) is 0 Å². The van der Waals surface area contributed by atoms with Gasteiger partial charge >= 0.3 is 0 Å². The van der Waals surface area contributed by atoms with Gasteiger partial charge in [0.05, 0.1) is 17.0 Å². The molecule has 0 aliphatic rings. The van der Waals surface area contributed by atoms with Crippen molar-refractivity contribution in [1.82, 2.24) is 15.3 Å². The maximum atomic E-state index is 12.4. The summed E-state index contributed by atoms with van der Waals surface area (Å²) >= 11 is 0. The highest BCUT2D eigenvalue weighted by Crippen LogP contribution is 2.27. The summed E-state index contributed by atoms with van der Waals surface area (Å²) in [5.74, 6) is 0.654. The van der Waals surface area contributed by atoms with Crippen molar-refractivity contribution >= 4 is 11.9 Å². The molecule has 3 N–H and O–H groups in total. The van der Waals surface area contributed by atoms with Crippen LogP contribution in [-0.4, -0.2) is 22.4 Å². The number of rotatable bonds is 6. The molecular formula is C18H24N4O2. The zero-order valence-corrected chi connectivity index (χ0v) is 14.6. The molecule has 0 saturated heterocycles. The van der Waals surface area contributed by atoms with Gasteiger partial charge in [-0.25, -0.2) is 9.97 Å². The third kappa shape index (κ3) is 4.01. The minimum absolute atomic E-state index is 0.140. The fraction of sp³-hybridized carbons (Fsp3) is 0.389. The van der Waals surface area contributed by atoms with E-state index in [1.807, 2.05) is 45.0 Å². The van der Waals surface area contributed by atoms with E-state index < -0.39 is 0 Å². The average Bonchev–Trinajstić information content (AvgIpc) is 2.53. The first-order valence-electron chi connectivity index (χ1n) is 8.11. The lowest BCUT2D eigenvalue weighted by Crippen LogP contribution is -2.28. The lowest BCUT2D eigenvalue weighted by atomic mass is 10.0. The van der Waals surface area contributed by atoms with Gasteiger partial charge in [-0.1, -0.05) is 24.6 Å². The van der Waals surface area contributed by atoms with E-state index in [4.69, 9.17) is 10.5 Å². The highest BCUT2D eigenvalue weighted by molar-refractivity contribution is 5.96. The van der Waals surface area contributed by atoms with Crippen molar-refractivity contribution in [3.05, 3.63) is 46.8 Å². The molecule has 0 saturated carbocycles. The van der Waals surface area contributed by atoms with Gasteiger partial charge in [0.25, 0.3) is 5.91 Å². The van der Waals surface area contributed by atoms with Gasteiger partial charge in [0.1, 0.15) is 11.9 Å². The molecule has 6 heteroatoms. The van der Waals surface area contributed by atoms with E-state index in [2.05, 4.69) is 15.3 Å². The lowest BCUT2D eigenvalue weighted by Gasteiger charge is -2.21. The number of anilines is 1. The van der Waals surface area contributed by atoms with Gasteiger partial charge in [0.15, 0.2) is 0 Å². The standard InChI is InChI=1S/C18H24N4O2/c1-5-14(24-13-9-7-11(3)8-10-13)16-15(17(23)20-6-2)12(4)21-18(19)22-16/h7-10,14H,5-6H2,1-4H3,(H,20,23)(H2,19,21,22). The number of benzene rings is 1. The zero-order chi connectivity index (χ0) is 17.7. The van der Waals surface area contributed by atoms with Crippen LogP contribution in [0, 0.1) is 13.8 Å².